The lowest BCUT2D eigenvalue weighted by molar-refractivity contribution is 0.0852. The van der Waals surface area contributed by atoms with Crippen LogP contribution in [0.25, 0.3) is 0 Å². The summed E-state index contributed by atoms with van der Waals surface area (Å²) < 4.78 is 12.7. The summed E-state index contributed by atoms with van der Waals surface area (Å²) in [4.78, 5) is 0. The lowest BCUT2D eigenvalue weighted by atomic mass is 9.97. The normalized spacial score (nSPS) is 27.6. The molecule has 0 aliphatic carbocycles. The Balaban J connectivity index is 2.10. The van der Waals surface area contributed by atoms with Gasteiger partial charge in [0.2, 0.25) is 0 Å². The van der Waals surface area contributed by atoms with Gasteiger partial charge >= 0.3 is 0 Å². The van der Waals surface area contributed by atoms with Crippen LogP contribution in [0, 0.1) is 5.82 Å². The minimum absolute atomic E-state index is 0.166. The van der Waals surface area contributed by atoms with Gasteiger partial charge in [0, 0.05) is 6.04 Å². The van der Waals surface area contributed by atoms with E-state index in [2.05, 4.69) is 5.32 Å². The first kappa shape index (κ1) is 9.62. The van der Waals surface area contributed by atoms with Crippen molar-refractivity contribution in [2.24, 2.45) is 0 Å². The first-order chi connectivity index (χ1) is 6.75. The van der Waals surface area contributed by atoms with Crippen molar-refractivity contribution in [1.82, 2.24) is 5.32 Å². The van der Waals surface area contributed by atoms with E-state index in [1.165, 1.54) is 12.1 Å². The number of benzene rings is 1. The highest BCUT2D eigenvalue weighted by Gasteiger charge is 2.19. The molecule has 14 heavy (non-hydrogen) atoms. The summed E-state index contributed by atoms with van der Waals surface area (Å²) in [7, 11) is 0. The van der Waals surface area contributed by atoms with Gasteiger partial charge in [-0.25, -0.2) is 4.39 Å². The number of aliphatic hydroxyl groups excluding tert-OH is 1. The molecule has 2 N–H and O–H groups in total. The maximum Gasteiger partial charge on any atom is 0.123 e. The van der Waals surface area contributed by atoms with Gasteiger partial charge in [-0.05, 0) is 37.0 Å². The number of aliphatic hydroxyl groups is 1. The van der Waals surface area contributed by atoms with E-state index in [-0.39, 0.29) is 11.9 Å². The highest BCUT2D eigenvalue weighted by molar-refractivity contribution is 5.20. The molecule has 0 amide bonds. The molecule has 76 valence electrons. The lowest BCUT2D eigenvalue weighted by Gasteiger charge is -2.28. The molecule has 2 rings (SSSR count). The van der Waals surface area contributed by atoms with Crippen molar-refractivity contribution in [3.05, 3.63) is 35.6 Å². The fraction of sp³-hybridized carbons (Fsp3) is 0.455. The fourth-order valence-corrected chi connectivity index (χ4v) is 1.87. The van der Waals surface area contributed by atoms with Crippen LogP contribution >= 0.6 is 0 Å². The van der Waals surface area contributed by atoms with Gasteiger partial charge < -0.3 is 5.11 Å². The summed E-state index contributed by atoms with van der Waals surface area (Å²) in [5.74, 6) is -0.217. The van der Waals surface area contributed by atoms with E-state index in [4.69, 9.17) is 0 Å². The van der Waals surface area contributed by atoms with Crippen molar-refractivity contribution in [1.29, 1.82) is 0 Å². The Hall–Kier alpha value is -0.930. The summed E-state index contributed by atoms with van der Waals surface area (Å²) in [5, 5.41) is 12.5. The van der Waals surface area contributed by atoms with E-state index in [1.54, 1.807) is 12.1 Å². The second-order valence-electron chi connectivity index (χ2n) is 3.72. The van der Waals surface area contributed by atoms with Gasteiger partial charge in [-0.2, -0.15) is 0 Å². The Labute approximate surface area is 82.8 Å². The molecule has 0 radical (unpaired) electrons. The van der Waals surface area contributed by atoms with Crippen molar-refractivity contribution in [3.8, 4) is 0 Å². The Bertz CT molecular complexity index is 299. The van der Waals surface area contributed by atoms with Crippen LogP contribution in [-0.2, 0) is 0 Å². The zero-order chi connectivity index (χ0) is 9.97. The molecule has 1 aliphatic rings. The molecule has 0 spiro atoms. The lowest BCUT2D eigenvalue weighted by Crippen LogP contribution is -2.36. The van der Waals surface area contributed by atoms with E-state index < -0.39 is 6.23 Å². The van der Waals surface area contributed by atoms with Gasteiger partial charge in [-0.15, -0.1) is 0 Å². The van der Waals surface area contributed by atoms with Gasteiger partial charge in [0.25, 0.3) is 0 Å². The van der Waals surface area contributed by atoms with Crippen LogP contribution in [0.15, 0.2) is 24.3 Å². The maximum absolute atomic E-state index is 12.7. The van der Waals surface area contributed by atoms with Crippen LogP contribution in [0.2, 0.25) is 0 Å². The SMILES string of the molecule is OC1CCCC(c2ccc(F)cc2)N1. The Morgan fingerprint density at radius 3 is 2.57 bits per heavy atom. The molecule has 0 bridgehead atoms. The van der Waals surface area contributed by atoms with E-state index in [0.29, 0.717) is 0 Å². The minimum atomic E-state index is -0.418. The second kappa shape index (κ2) is 4.07. The third-order valence-corrected chi connectivity index (χ3v) is 2.64. The Morgan fingerprint density at radius 2 is 1.93 bits per heavy atom. The molecule has 1 aromatic rings. The standard InChI is InChI=1S/C11H14FNO/c12-9-6-4-8(5-7-9)10-2-1-3-11(14)13-10/h4-7,10-11,13-14H,1-3H2. The maximum atomic E-state index is 12.7. The summed E-state index contributed by atoms with van der Waals surface area (Å²) in [6.07, 6.45) is 2.40. The van der Waals surface area contributed by atoms with Crippen molar-refractivity contribution in [2.45, 2.75) is 31.5 Å². The van der Waals surface area contributed by atoms with Gasteiger partial charge in [0.1, 0.15) is 12.0 Å². The van der Waals surface area contributed by atoms with E-state index in [9.17, 15) is 9.50 Å². The van der Waals surface area contributed by atoms with Crippen molar-refractivity contribution in [2.75, 3.05) is 0 Å². The summed E-state index contributed by atoms with van der Waals surface area (Å²) >= 11 is 0. The molecule has 1 aliphatic heterocycles. The summed E-state index contributed by atoms with van der Waals surface area (Å²) in [6.45, 7) is 0. The molecule has 3 heteroatoms. The van der Waals surface area contributed by atoms with Crippen molar-refractivity contribution in [3.63, 3.8) is 0 Å². The molecule has 1 aromatic carbocycles. The molecule has 1 fully saturated rings. The van der Waals surface area contributed by atoms with Gasteiger partial charge in [0.15, 0.2) is 0 Å². The Morgan fingerprint density at radius 1 is 1.21 bits per heavy atom. The van der Waals surface area contributed by atoms with Crippen LogP contribution < -0.4 is 5.32 Å². The molecule has 0 aromatic heterocycles. The molecule has 2 nitrogen and oxygen atoms in total. The van der Waals surface area contributed by atoms with Gasteiger partial charge in [0.05, 0.1) is 0 Å². The van der Waals surface area contributed by atoms with E-state index in [0.717, 1.165) is 24.8 Å². The third kappa shape index (κ3) is 2.11. The Kier molecular flexibility index (Phi) is 2.79. The highest BCUT2D eigenvalue weighted by Crippen LogP contribution is 2.24. The molecular weight excluding hydrogens is 181 g/mol. The molecule has 0 saturated carbocycles. The third-order valence-electron chi connectivity index (χ3n) is 2.64. The van der Waals surface area contributed by atoms with Crippen LogP contribution in [-0.4, -0.2) is 11.3 Å². The van der Waals surface area contributed by atoms with Crippen molar-refractivity contribution < 1.29 is 9.50 Å². The second-order valence-corrected chi connectivity index (χ2v) is 3.72. The molecule has 2 atom stereocenters. The van der Waals surface area contributed by atoms with Crippen LogP contribution in [0.3, 0.4) is 0 Å². The first-order valence-corrected chi connectivity index (χ1v) is 4.95. The molecule has 1 heterocycles. The molecular formula is C11H14FNO. The summed E-state index contributed by atoms with van der Waals surface area (Å²) in [5.41, 5.74) is 1.05. The van der Waals surface area contributed by atoms with Crippen molar-refractivity contribution >= 4 is 0 Å². The average Bonchev–Trinajstić information content (AvgIpc) is 2.19. The van der Waals surface area contributed by atoms with Crippen LogP contribution in [0.5, 0.6) is 0 Å². The van der Waals surface area contributed by atoms with Crippen LogP contribution in [0.4, 0.5) is 4.39 Å². The minimum Gasteiger partial charge on any atom is -0.379 e. The average molecular weight is 195 g/mol. The number of hydrogen-bond donors (Lipinski definition) is 2. The largest absolute Gasteiger partial charge is 0.379 e. The quantitative estimate of drug-likeness (QED) is 0.718. The smallest absolute Gasteiger partial charge is 0.123 e. The van der Waals surface area contributed by atoms with Crippen LogP contribution in [0.1, 0.15) is 30.9 Å². The van der Waals surface area contributed by atoms with E-state index in [1.807, 2.05) is 0 Å². The molecule has 2 unspecified atom stereocenters. The number of piperidine rings is 1. The van der Waals surface area contributed by atoms with E-state index >= 15 is 0 Å². The van der Waals surface area contributed by atoms with Gasteiger partial charge in [-0.1, -0.05) is 12.1 Å². The topological polar surface area (TPSA) is 32.3 Å². The molecule has 1 saturated heterocycles. The zero-order valence-electron chi connectivity index (χ0n) is 7.91. The summed E-state index contributed by atoms with van der Waals surface area (Å²) in [6, 6.07) is 6.62. The fourth-order valence-electron chi connectivity index (χ4n) is 1.87. The number of nitrogens with one attached hydrogen (secondary N) is 1. The highest BCUT2D eigenvalue weighted by atomic mass is 19.1. The monoisotopic (exact) mass is 195 g/mol. The zero-order valence-corrected chi connectivity index (χ0v) is 7.91. The number of halogens is 1. The van der Waals surface area contributed by atoms with Gasteiger partial charge in [-0.3, -0.25) is 5.32 Å². The number of rotatable bonds is 1. The number of hydrogen-bond acceptors (Lipinski definition) is 2. The predicted molar refractivity (Wildman–Crippen MR) is 52.1 cm³/mol. The first-order valence-electron chi connectivity index (χ1n) is 4.95. The predicted octanol–water partition coefficient (Wildman–Crippen LogP) is 1.96.